The topological polar surface area (TPSA) is 61.4 Å². The Hall–Kier alpha value is -1.88. The van der Waals surface area contributed by atoms with Crippen LogP contribution >= 0.6 is 0 Å². The van der Waals surface area contributed by atoms with Gasteiger partial charge in [-0.05, 0) is 37.2 Å². The molecular weight excluding hydrogens is 278 g/mol. The van der Waals surface area contributed by atoms with Crippen LogP contribution in [-0.4, -0.2) is 42.9 Å². The number of hydrogen-bond acceptors (Lipinski definition) is 3. The Morgan fingerprint density at radius 2 is 1.59 bits per heavy atom. The zero-order valence-corrected chi connectivity index (χ0v) is 13.8. The van der Waals surface area contributed by atoms with Gasteiger partial charge in [0.25, 0.3) is 5.91 Å². The maximum absolute atomic E-state index is 12.0. The van der Waals surface area contributed by atoms with Gasteiger partial charge in [0, 0.05) is 32.1 Å². The Bertz CT molecular complexity index is 467. The third-order valence-corrected chi connectivity index (χ3v) is 3.53. The van der Waals surface area contributed by atoms with Crippen LogP contribution in [-0.2, 0) is 11.3 Å². The number of carbonyl (C=O) groups is 2. The standard InChI is InChI=1S/C17H27N3O2/c1-4-20(5-2)13-15-7-9-16(10-8-15)17(22)19-12-6-11-18-14(3)21/h7-10H,4-6,11-13H2,1-3H3,(H,18,21)(H,19,22). The first-order valence-electron chi connectivity index (χ1n) is 7.90. The third-order valence-electron chi connectivity index (χ3n) is 3.53. The highest BCUT2D eigenvalue weighted by Gasteiger charge is 2.06. The molecular formula is C17H27N3O2. The van der Waals surface area contributed by atoms with E-state index in [-0.39, 0.29) is 11.8 Å². The van der Waals surface area contributed by atoms with Crippen LogP contribution in [0, 0.1) is 0 Å². The SMILES string of the molecule is CCN(CC)Cc1ccc(C(=O)NCCCNC(C)=O)cc1. The van der Waals surface area contributed by atoms with Gasteiger partial charge in [-0.25, -0.2) is 0 Å². The maximum Gasteiger partial charge on any atom is 0.251 e. The van der Waals surface area contributed by atoms with Gasteiger partial charge in [0.2, 0.25) is 5.91 Å². The molecule has 122 valence electrons. The zero-order valence-electron chi connectivity index (χ0n) is 13.8. The summed E-state index contributed by atoms with van der Waals surface area (Å²) < 4.78 is 0. The smallest absolute Gasteiger partial charge is 0.251 e. The molecule has 0 aliphatic carbocycles. The van der Waals surface area contributed by atoms with Crippen molar-refractivity contribution in [1.29, 1.82) is 0 Å². The first-order valence-corrected chi connectivity index (χ1v) is 7.90. The van der Waals surface area contributed by atoms with Crippen LogP contribution in [0.1, 0.15) is 43.1 Å². The third kappa shape index (κ3) is 6.72. The van der Waals surface area contributed by atoms with E-state index in [0.29, 0.717) is 18.7 Å². The van der Waals surface area contributed by atoms with Gasteiger partial charge in [-0.15, -0.1) is 0 Å². The first-order chi connectivity index (χ1) is 10.6. The normalized spacial score (nSPS) is 10.5. The molecule has 5 nitrogen and oxygen atoms in total. The number of nitrogens with zero attached hydrogens (tertiary/aromatic N) is 1. The number of nitrogens with one attached hydrogen (secondary N) is 2. The van der Waals surface area contributed by atoms with Crippen molar-refractivity contribution in [2.24, 2.45) is 0 Å². The Morgan fingerprint density at radius 1 is 1.00 bits per heavy atom. The van der Waals surface area contributed by atoms with E-state index in [9.17, 15) is 9.59 Å². The number of rotatable bonds is 9. The van der Waals surface area contributed by atoms with Crippen LogP contribution in [0.4, 0.5) is 0 Å². The van der Waals surface area contributed by atoms with Crippen LogP contribution in [0.3, 0.4) is 0 Å². The first kappa shape index (κ1) is 18.2. The summed E-state index contributed by atoms with van der Waals surface area (Å²) in [7, 11) is 0. The van der Waals surface area contributed by atoms with E-state index in [0.717, 1.165) is 26.1 Å². The quantitative estimate of drug-likeness (QED) is 0.684. The van der Waals surface area contributed by atoms with Crippen molar-refractivity contribution < 1.29 is 9.59 Å². The summed E-state index contributed by atoms with van der Waals surface area (Å²) in [5.74, 6) is -0.118. The lowest BCUT2D eigenvalue weighted by atomic mass is 10.1. The monoisotopic (exact) mass is 305 g/mol. The van der Waals surface area contributed by atoms with Crippen molar-refractivity contribution in [2.45, 2.75) is 33.7 Å². The summed E-state index contributed by atoms with van der Waals surface area (Å²) in [5, 5.41) is 5.56. The fourth-order valence-electron chi connectivity index (χ4n) is 2.12. The predicted molar refractivity (Wildman–Crippen MR) is 88.7 cm³/mol. The van der Waals surface area contributed by atoms with Gasteiger partial charge in [0.1, 0.15) is 0 Å². The molecule has 0 atom stereocenters. The summed E-state index contributed by atoms with van der Waals surface area (Å²) >= 11 is 0. The van der Waals surface area contributed by atoms with Gasteiger partial charge in [-0.3, -0.25) is 14.5 Å². The highest BCUT2D eigenvalue weighted by atomic mass is 16.2. The summed E-state index contributed by atoms with van der Waals surface area (Å²) in [6, 6.07) is 7.74. The van der Waals surface area contributed by atoms with Crippen LogP contribution in [0.15, 0.2) is 24.3 Å². The second-order valence-electron chi connectivity index (χ2n) is 5.25. The largest absolute Gasteiger partial charge is 0.356 e. The zero-order chi connectivity index (χ0) is 16.4. The Morgan fingerprint density at radius 3 is 2.14 bits per heavy atom. The van der Waals surface area contributed by atoms with Gasteiger partial charge >= 0.3 is 0 Å². The van der Waals surface area contributed by atoms with Crippen molar-refractivity contribution in [3.63, 3.8) is 0 Å². The van der Waals surface area contributed by atoms with Crippen LogP contribution in [0.25, 0.3) is 0 Å². The lowest BCUT2D eigenvalue weighted by Crippen LogP contribution is -2.28. The second kappa shape index (κ2) is 9.95. The van der Waals surface area contributed by atoms with Crippen molar-refractivity contribution in [3.8, 4) is 0 Å². The number of amides is 2. The molecule has 0 saturated carbocycles. The molecule has 0 heterocycles. The molecule has 0 spiro atoms. The van der Waals surface area contributed by atoms with Crippen molar-refractivity contribution >= 4 is 11.8 Å². The number of carbonyl (C=O) groups excluding carboxylic acids is 2. The van der Waals surface area contributed by atoms with E-state index in [1.54, 1.807) is 0 Å². The summed E-state index contributed by atoms with van der Waals surface area (Å²) in [4.78, 5) is 25.0. The van der Waals surface area contributed by atoms with Gasteiger partial charge in [-0.2, -0.15) is 0 Å². The Kier molecular flexibility index (Phi) is 8.22. The molecule has 0 bridgehead atoms. The molecule has 22 heavy (non-hydrogen) atoms. The highest BCUT2D eigenvalue weighted by molar-refractivity contribution is 5.94. The highest BCUT2D eigenvalue weighted by Crippen LogP contribution is 2.07. The summed E-state index contributed by atoms with van der Waals surface area (Å²) in [5.41, 5.74) is 1.88. The van der Waals surface area contributed by atoms with Gasteiger partial charge in [-0.1, -0.05) is 26.0 Å². The van der Waals surface area contributed by atoms with Gasteiger partial charge in [0.15, 0.2) is 0 Å². The van der Waals surface area contributed by atoms with E-state index < -0.39 is 0 Å². The molecule has 2 amide bonds. The molecule has 1 rings (SSSR count). The van der Waals surface area contributed by atoms with Crippen molar-refractivity contribution in [1.82, 2.24) is 15.5 Å². The molecule has 0 aliphatic rings. The molecule has 0 radical (unpaired) electrons. The van der Waals surface area contributed by atoms with E-state index in [4.69, 9.17) is 0 Å². The van der Waals surface area contributed by atoms with Crippen molar-refractivity contribution in [3.05, 3.63) is 35.4 Å². The average Bonchev–Trinajstić information content (AvgIpc) is 2.52. The minimum atomic E-state index is -0.0720. The molecule has 0 saturated heterocycles. The minimum Gasteiger partial charge on any atom is -0.356 e. The van der Waals surface area contributed by atoms with E-state index in [1.807, 2.05) is 24.3 Å². The van der Waals surface area contributed by atoms with Crippen LogP contribution in [0.2, 0.25) is 0 Å². The lowest BCUT2D eigenvalue weighted by molar-refractivity contribution is -0.118. The van der Waals surface area contributed by atoms with Gasteiger partial charge < -0.3 is 10.6 Å². The number of benzene rings is 1. The summed E-state index contributed by atoms with van der Waals surface area (Å²) in [6.07, 6.45) is 0.728. The predicted octanol–water partition coefficient (Wildman–Crippen LogP) is 1.78. The second-order valence-corrected chi connectivity index (χ2v) is 5.25. The maximum atomic E-state index is 12.0. The van der Waals surface area contributed by atoms with Crippen LogP contribution in [0.5, 0.6) is 0 Å². The molecule has 2 N–H and O–H groups in total. The molecule has 0 fully saturated rings. The molecule has 1 aromatic rings. The van der Waals surface area contributed by atoms with E-state index in [1.165, 1.54) is 12.5 Å². The fraction of sp³-hybridized carbons (Fsp3) is 0.529. The molecule has 1 aromatic carbocycles. The average molecular weight is 305 g/mol. The van der Waals surface area contributed by atoms with E-state index in [2.05, 4.69) is 29.4 Å². The minimum absolute atomic E-state index is 0.0462. The Balaban J connectivity index is 2.38. The number of hydrogen-bond donors (Lipinski definition) is 2. The molecule has 5 heteroatoms. The molecule has 0 aliphatic heterocycles. The molecule has 0 aromatic heterocycles. The summed E-state index contributed by atoms with van der Waals surface area (Å²) in [6.45, 7) is 9.86. The van der Waals surface area contributed by atoms with Gasteiger partial charge in [0.05, 0.1) is 0 Å². The Labute approximate surface area is 133 Å². The fourth-order valence-corrected chi connectivity index (χ4v) is 2.12. The molecule has 0 unspecified atom stereocenters. The van der Waals surface area contributed by atoms with Crippen molar-refractivity contribution in [2.75, 3.05) is 26.2 Å². The van der Waals surface area contributed by atoms with E-state index >= 15 is 0 Å². The lowest BCUT2D eigenvalue weighted by Gasteiger charge is -2.18. The van der Waals surface area contributed by atoms with Crippen LogP contribution < -0.4 is 10.6 Å².